The molecule has 1 heterocycles. The van der Waals surface area contributed by atoms with E-state index in [0.29, 0.717) is 23.9 Å². The summed E-state index contributed by atoms with van der Waals surface area (Å²) in [5.41, 5.74) is 5.96. The maximum atomic E-state index is 11.2. The number of hydrogen-bond acceptors (Lipinski definition) is 8. The average Bonchev–Trinajstić information content (AvgIpc) is 3.36. The number of rotatable bonds is 12. The predicted molar refractivity (Wildman–Crippen MR) is 138 cm³/mol. The summed E-state index contributed by atoms with van der Waals surface area (Å²) in [6.45, 7) is 6.29. The Bertz CT molecular complexity index is 1170. The van der Waals surface area contributed by atoms with Crippen LogP contribution in [0.5, 0.6) is 5.75 Å². The SMILES string of the molecule is CCc1cc(CN(C)C)cc(-c2nc(-c3cc(C)c(OC[C@@H](O)CNC(=O)CO)c(CC)c3)no2)c1. The number of aliphatic hydroxyl groups excluding tert-OH is 2. The van der Waals surface area contributed by atoms with Crippen LogP contribution in [0.2, 0.25) is 0 Å². The van der Waals surface area contributed by atoms with E-state index in [-0.39, 0.29) is 13.2 Å². The van der Waals surface area contributed by atoms with Gasteiger partial charge in [0.05, 0.1) is 0 Å². The minimum absolute atomic E-state index is 0.000885. The molecule has 0 fully saturated rings. The first-order valence-electron chi connectivity index (χ1n) is 12.2. The van der Waals surface area contributed by atoms with Crippen LogP contribution in [-0.4, -0.2) is 71.1 Å². The maximum Gasteiger partial charge on any atom is 0.258 e. The zero-order valence-electron chi connectivity index (χ0n) is 21.7. The molecule has 1 amide bonds. The molecule has 0 saturated carbocycles. The van der Waals surface area contributed by atoms with E-state index >= 15 is 0 Å². The minimum atomic E-state index is -0.902. The molecule has 36 heavy (non-hydrogen) atoms. The van der Waals surface area contributed by atoms with Gasteiger partial charge in [-0.15, -0.1) is 0 Å². The van der Waals surface area contributed by atoms with Crippen molar-refractivity contribution in [2.24, 2.45) is 0 Å². The van der Waals surface area contributed by atoms with E-state index in [1.165, 1.54) is 11.1 Å². The highest BCUT2D eigenvalue weighted by atomic mass is 16.5. The van der Waals surface area contributed by atoms with Crippen molar-refractivity contribution in [2.75, 3.05) is 33.9 Å². The lowest BCUT2D eigenvalue weighted by Gasteiger charge is -2.17. The van der Waals surface area contributed by atoms with Gasteiger partial charge < -0.3 is 29.7 Å². The lowest BCUT2D eigenvalue weighted by Crippen LogP contribution is -2.36. The van der Waals surface area contributed by atoms with Crippen LogP contribution in [0.4, 0.5) is 0 Å². The van der Waals surface area contributed by atoms with Gasteiger partial charge in [-0.25, -0.2) is 0 Å². The van der Waals surface area contributed by atoms with Gasteiger partial charge in [0.2, 0.25) is 11.7 Å². The number of ether oxygens (including phenoxy) is 1. The summed E-state index contributed by atoms with van der Waals surface area (Å²) in [4.78, 5) is 18.0. The molecule has 1 aromatic heterocycles. The second kappa shape index (κ2) is 12.6. The highest BCUT2D eigenvalue weighted by molar-refractivity contribution is 5.76. The van der Waals surface area contributed by atoms with Gasteiger partial charge in [-0.2, -0.15) is 4.98 Å². The van der Waals surface area contributed by atoms with Crippen LogP contribution in [0.25, 0.3) is 22.8 Å². The smallest absolute Gasteiger partial charge is 0.258 e. The Morgan fingerprint density at radius 3 is 2.53 bits per heavy atom. The largest absolute Gasteiger partial charge is 0.490 e. The second-order valence-electron chi connectivity index (χ2n) is 9.11. The number of carbonyl (C=O) groups excluding carboxylic acids is 1. The third-order valence-corrected chi connectivity index (χ3v) is 5.72. The first-order chi connectivity index (χ1) is 17.2. The molecular formula is C27H36N4O5. The van der Waals surface area contributed by atoms with E-state index in [1.807, 2.05) is 40.1 Å². The lowest BCUT2D eigenvalue weighted by atomic mass is 10.0. The number of aryl methyl sites for hydroxylation is 3. The molecule has 3 rings (SSSR count). The van der Waals surface area contributed by atoms with E-state index < -0.39 is 18.6 Å². The van der Waals surface area contributed by atoms with Gasteiger partial charge in [0, 0.05) is 24.2 Å². The predicted octanol–water partition coefficient (Wildman–Crippen LogP) is 2.75. The molecule has 3 N–H and O–H groups in total. The van der Waals surface area contributed by atoms with Crippen molar-refractivity contribution in [2.45, 2.75) is 46.3 Å². The van der Waals surface area contributed by atoms with Gasteiger partial charge >= 0.3 is 0 Å². The summed E-state index contributed by atoms with van der Waals surface area (Å²) >= 11 is 0. The van der Waals surface area contributed by atoms with Crippen molar-refractivity contribution in [3.8, 4) is 28.6 Å². The maximum absolute atomic E-state index is 11.2. The first kappa shape index (κ1) is 27.3. The molecular weight excluding hydrogens is 460 g/mol. The molecule has 0 bridgehead atoms. The van der Waals surface area contributed by atoms with Crippen LogP contribution in [0.15, 0.2) is 34.9 Å². The number of benzene rings is 2. The van der Waals surface area contributed by atoms with Crippen LogP contribution in [0.3, 0.4) is 0 Å². The normalized spacial score (nSPS) is 12.1. The van der Waals surface area contributed by atoms with E-state index in [0.717, 1.165) is 35.2 Å². The van der Waals surface area contributed by atoms with E-state index in [4.69, 9.17) is 14.4 Å². The summed E-state index contributed by atoms with van der Waals surface area (Å²) in [6, 6.07) is 10.3. The number of hydrogen-bond donors (Lipinski definition) is 3. The highest BCUT2D eigenvalue weighted by Gasteiger charge is 2.17. The highest BCUT2D eigenvalue weighted by Crippen LogP contribution is 2.31. The Morgan fingerprint density at radius 2 is 1.86 bits per heavy atom. The Kier molecular flexibility index (Phi) is 9.58. The van der Waals surface area contributed by atoms with E-state index in [9.17, 15) is 9.90 Å². The monoisotopic (exact) mass is 496 g/mol. The zero-order valence-corrected chi connectivity index (χ0v) is 21.7. The third-order valence-electron chi connectivity index (χ3n) is 5.72. The van der Waals surface area contributed by atoms with Crippen molar-refractivity contribution in [1.29, 1.82) is 0 Å². The van der Waals surface area contributed by atoms with Gasteiger partial charge in [-0.05, 0) is 80.4 Å². The van der Waals surface area contributed by atoms with Gasteiger partial charge in [0.1, 0.15) is 25.1 Å². The summed E-state index contributed by atoms with van der Waals surface area (Å²) in [5, 5.41) is 25.5. The van der Waals surface area contributed by atoms with Crippen molar-refractivity contribution in [3.63, 3.8) is 0 Å². The van der Waals surface area contributed by atoms with Crippen molar-refractivity contribution >= 4 is 5.91 Å². The standard InChI is InChI=1S/C27H36N4O5/c1-6-18-9-19(14-31(4)5)11-22(10-18)27-29-26(30-36-27)21-8-17(3)25(20(7-2)12-21)35-16-23(33)13-28-24(34)15-32/h8-12,23,32-33H,6-7,13-16H2,1-5H3,(H,28,34)/t23-/m0/s1. The Labute approximate surface area is 212 Å². The number of aliphatic hydroxyl groups is 2. The summed E-state index contributed by atoms with van der Waals surface area (Å²) in [5.74, 6) is 1.11. The summed E-state index contributed by atoms with van der Waals surface area (Å²) < 4.78 is 11.5. The number of carbonyl (C=O) groups is 1. The molecule has 0 unspecified atom stereocenters. The van der Waals surface area contributed by atoms with Crippen LogP contribution in [0, 0.1) is 6.92 Å². The molecule has 9 nitrogen and oxygen atoms in total. The number of nitrogens with one attached hydrogen (secondary N) is 1. The van der Waals surface area contributed by atoms with Gasteiger partial charge in [-0.3, -0.25) is 4.79 Å². The zero-order chi connectivity index (χ0) is 26.2. The molecule has 3 aromatic rings. The molecule has 0 spiro atoms. The van der Waals surface area contributed by atoms with Crippen LogP contribution in [-0.2, 0) is 24.2 Å². The van der Waals surface area contributed by atoms with Crippen molar-refractivity contribution in [3.05, 3.63) is 52.6 Å². The fourth-order valence-electron chi connectivity index (χ4n) is 3.98. The fourth-order valence-corrected chi connectivity index (χ4v) is 3.98. The number of aromatic nitrogens is 2. The van der Waals surface area contributed by atoms with Crippen molar-refractivity contribution < 1.29 is 24.3 Å². The quantitative estimate of drug-likeness (QED) is 0.350. The molecule has 9 heteroatoms. The average molecular weight is 497 g/mol. The Hall–Kier alpha value is -3.27. The van der Waals surface area contributed by atoms with Gasteiger partial charge in [0.15, 0.2) is 0 Å². The lowest BCUT2D eigenvalue weighted by molar-refractivity contribution is -0.124. The van der Waals surface area contributed by atoms with Crippen LogP contribution < -0.4 is 10.1 Å². The van der Waals surface area contributed by atoms with Gasteiger partial charge in [-0.1, -0.05) is 25.1 Å². The Morgan fingerprint density at radius 1 is 1.11 bits per heavy atom. The summed E-state index contributed by atoms with van der Waals surface area (Å²) in [7, 11) is 4.08. The molecule has 0 radical (unpaired) electrons. The van der Waals surface area contributed by atoms with Crippen LogP contribution >= 0.6 is 0 Å². The first-order valence-corrected chi connectivity index (χ1v) is 12.2. The third kappa shape index (κ3) is 7.13. The van der Waals surface area contributed by atoms with E-state index in [1.54, 1.807) is 0 Å². The second-order valence-corrected chi connectivity index (χ2v) is 9.11. The molecule has 2 aromatic carbocycles. The summed E-state index contributed by atoms with van der Waals surface area (Å²) in [6.07, 6.45) is 0.719. The number of amides is 1. The van der Waals surface area contributed by atoms with Crippen molar-refractivity contribution in [1.82, 2.24) is 20.4 Å². The fraction of sp³-hybridized carbons (Fsp3) is 0.444. The molecule has 0 aliphatic rings. The Balaban J connectivity index is 1.81. The molecule has 194 valence electrons. The number of nitrogens with zero attached hydrogens (tertiary/aromatic N) is 3. The molecule has 1 atom stereocenters. The van der Waals surface area contributed by atoms with E-state index in [2.05, 4.69) is 45.5 Å². The topological polar surface area (TPSA) is 121 Å². The molecule has 0 saturated heterocycles. The molecule has 0 aliphatic carbocycles. The molecule has 0 aliphatic heterocycles. The van der Waals surface area contributed by atoms with Gasteiger partial charge in [0.25, 0.3) is 5.89 Å². The minimum Gasteiger partial charge on any atom is -0.490 e. The van der Waals surface area contributed by atoms with Crippen LogP contribution in [0.1, 0.15) is 36.1 Å².